The first-order valence-corrected chi connectivity index (χ1v) is 9.81. The van der Waals surface area contributed by atoms with E-state index in [9.17, 15) is 4.39 Å². The lowest BCUT2D eigenvalue weighted by molar-refractivity contribution is 0.329. The first-order valence-electron chi connectivity index (χ1n) is 9.81. The van der Waals surface area contributed by atoms with E-state index in [1.807, 2.05) is 6.92 Å². The highest BCUT2D eigenvalue weighted by atomic mass is 19.1. The van der Waals surface area contributed by atoms with E-state index >= 15 is 0 Å². The zero-order valence-corrected chi connectivity index (χ0v) is 16.1. The zero-order valence-electron chi connectivity index (χ0n) is 16.1. The molecule has 146 valence electrons. The molecule has 1 aliphatic rings. The van der Waals surface area contributed by atoms with Crippen molar-refractivity contribution in [1.82, 2.24) is 20.4 Å². The second-order valence-corrected chi connectivity index (χ2v) is 7.31. The van der Waals surface area contributed by atoms with Crippen LogP contribution in [0.2, 0.25) is 0 Å². The third kappa shape index (κ3) is 4.46. The quantitative estimate of drug-likeness (QED) is 0.661. The number of halogens is 1. The molecule has 5 nitrogen and oxygen atoms in total. The fraction of sp³-hybridized carbons (Fsp3) is 0.364. The number of likely N-dealkylation sites (tertiary alicyclic amines) is 1. The summed E-state index contributed by atoms with van der Waals surface area (Å²) in [6.45, 7) is 6.12. The van der Waals surface area contributed by atoms with E-state index in [1.165, 1.54) is 49.2 Å². The molecule has 1 unspecified atom stereocenters. The Morgan fingerprint density at radius 1 is 1.04 bits per heavy atom. The van der Waals surface area contributed by atoms with Crippen LogP contribution in [-0.2, 0) is 13.1 Å². The average Bonchev–Trinajstić information content (AvgIpc) is 3.40. The normalized spacial score (nSPS) is 15.8. The van der Waals surface area contributed by atoms with Crippen molar-refractivity contribution < 1.29 is 8.81 Å². The van der Waals surface area contributed by atoms with Gasteiger partial charge in [-0.05, 0) is 68.2 Å². The van der Waals surface area contributed by atoms with Gasteiger partial charge in [-0.3, -0.25) is 4.90 Å². The van der Waals surface area contributed by atoms with Gasteiger partial charge in [-0.25, -0.2) is 4.39 Å². The second kappa shape index (κ2) is 8.63. The summed E-state index contributed by atoms with van der Waals surface area (Å²) in [5, 5.41) is 11.7. The molecule has 1 fully saturated rings. The average molecular weight is 380 g/mol. The van der Waals surface area contributed by atoms with Gasteiger partial charge in [0.1, 0.15) is 5.82 Å². The fourth-order valence-corrected chi connectivity index (χ4v) is 3.53. The summed E-state index contributed by atoms with van der Waals surface area (Å²) in [6, 6.07) is 14.5. The number of benzene rings is 2. The van der Waals surface area contributed by atoms with Crippen molar-refractivity contribution in [2.24, 2.45) is 0 Å². The molecule has 2 aromatic carbocycles. The number of rotatable bonds is 7. The highest BCUT2D eigenvalue weighted by Gasteiger charge is 2.17. The van der Waals surface area contributed by atoms with E-state index in [-0.39, 0.29) is 11.9 Å². The predicted molar refractivity (Wildman–Crippen MR) is 106 cm³/mol. The van der Waals surface area contributed by atoms with E-state index in [2.05, 4.69) is 44.7 Å². The molecule has 1 saturated heterocycles. The van der Waals surface area contributed by atoms with Gasteiger partial charge in [0.05, 0.1) is 6.04 Å². The molecular formula is C22H25FN4O. The largest absolute Gasteiger partial charge is 0.419 e. The van der Waals surface area contributed by atoms with E-state index in [4.69, 9.17) is 4.42 Å². The van der Waals surface area contributed by atoms with E-state index in [1.54, 1.807) is 12.1 Å². The molecule has 0 aliphatic carbocycles. The highest BCUT2D eigenvalue weighted by molar-refractivity contribution is 5.52. The summed E-state index contributed by atoms with van der Waals surface area (Å²) in [4.78, 5) is 2.51. The highest BCUT2D eigenvalue weighted by Crippen LogP contribution is 2.22. The van der Waals surface area contributed by atoms with Gasteiger partial charge in [-0.15, -0.1) is 10.2 Å². The van der Waals surface area contributed by atoms with Crippen LogP contribution < -0.4 is 5.32 Å². The van der Waals surface area contributed by atoms with Crippen molar-refractivity contribution in [3.63, 3.8) is 0 Å². The number of nitrogens with zero attached hydrogens (tertiary/aromatic N) is 3. The first-order chi connectivity index (χ1) is 13.7. The van der Waals surface area contributed by atoms with Gasteiger partial charge in [-0.2, -0.15) is 0 Å². The van der Waals surface area contributed by atoms with Crippen molar-refractivity contribution >= 4 is 0 Å². The molecule has 1 aromatic heterocycles. The molecule has 3 aromatic rings. The Labute approximate surface area is 164 Å². The molecule has 0 bridgehead atoms. The molecule has 28 heavy (non-hydrogen) atoms. The Kier molecular flexibility index (Phi) is 5.78. The van der Waals surface area contributed by atoms with Gasteiger partial charge >= 0.3 is 0 Å². The lowest BCUT2D eigenvalue weighted by atomic mass is 10.1. The molecule has 6 heteroatoms. The molecule has 4 rings (SSSR count). The lowest BCUT2D eigenvalue weighted by Crippen LogP contribution is -2.22. The molecular weight excluding hydrogens is 355 g/mol. The molecule has 0 radical (unpaired) electrons. The zero-order chi connectivity index (χ0) is 19.3. The molecule has 0 saturated carbocycles. The SMILES string of the molecule is CC(NCc1ccccc1CN1CCCC1)c1nnc(-c2ccc(F)cc2)o1. The Bertz CT molecular complexity index is 903. The summed E-state index contributed by atoms with van der Waals surface area (Å²) in [5.74, 6) is 0.639. The minimum Gasteiger partial charge on any atom is -0.419 e. The summed E-state index contributed by atoms with van der Waals surface area (Å²) < 4.78 is 18.9. The van der Waals surface area contributed by atoms with E-state index < -0.39 is 0 Å². The molecule has 0 amide bonds. The van der Waals surface area contributed by atoms with Crippen molar-refractivity contribution in [2.75, 3.05) is 13.1 Å². The van der Waals surface area contributed by atoms with Crippen LogP contribution in [0.25, 0.3) is 11.5 Å². The monoisotopic (exact) mass is 380 g/mol. The van der Waals surface area contributed by atoms with Crippen LogP contribution in [0.3, 0.4) is 0 Å². The Hall–Kier alpha value is -2.57. The van der Waals surface area contributed by atoms with Gasteiger partial charge in [0.2, 0.25) is 11.8 Å². The topological polar surface area (TPSA) is 54.2 Å². The van der Waals surface area contributed by atoms with Crippen LogP contribution in [0, 0.1) is 5.82 Å². The molecule has 2 heterocycles. The van der Waals surface area contributed by atoms with Gasteiger partial charge in [-0.1, -0.05) is 24.3 Å². The maximum atomic E-state index is 13.1. The smallest absolute Gasteiger partial charge is 0.247 e. The fourth-order valence-electron chi connectivity index (χ4n) is 3.53. The third-order valence-corrected chi connectivity index (χ3v) is 5.21. The molecule has 1 aliphatic heterocycles. The summed E-state index contributed by atoms with van der Waals surface area (Å²) in [7, 11) is 0. The van der Waals surface area contributed by atoms with Gasteiger partial charge in [0.15, 0.2) is 0 Å². The van der Waals surface area contributed by atoms with Crippen LogP contribution in [0.15, 0.2) is 52.9 Å². The molecule has 0 spiro atoms. The van der Waals surface area contributed by atoms with Crippen molar-refractivity contribution in [3.8, 4) is 11.5 Å². The van der Waals surface area contributed by atoms with Crippen molar-refractivity contribution in [1.29, 1.82) is 0 Å². The van der Waals surface area contributed by atoms with Gasteiger partial charge in [0.25, 0.3) is 0 Å². The van der Waals surface area contributed by atoms with Crippen LogP contribution in [-0.4, -0.2) is 28.2 Å². The maximum Gasteiger partial charge on any atom is 0.247 e. The van der Waals surface area contributed by atoms with Gasteiger partial charge in [0, 0.05) is 18.7 Å². The minimum absolute atomic E-state index is 0.0819. The number of hydrogen-bond donors (Lipinski definition) is 1. The number of aromatic nitrogens is 2. The Balaban J connectivity index is 1.39. The van der Waals surface area contributed by atoms with Gasteiger partial charge < -0.3 is 9.73 Å². The second-order valence-electron chi connectivity index (χ2n) is 7.31. The lowest BCUT2D eigenvalue weighted by Gasteiger charge is -2.18. The van der Waals surface area contributed by atoms with E-state index in [0.717, 1.165) is 13.1 Å². The van der Waals surface area contributed by atoms with E-state index in [0.29, 0.717) is 17.3 Å². The van der Waals surface area contributed by atoms with Crippen LogP contribution >= 0.6 is 0 Å². The summed E-state index contributed by atoms with van der Waals surface area (Å²) in [5.41, 5.74) is 3.37. The molecule has 1 N–H and O–H groups in total. The Morgan fingerprint density at radius 3 is 2.50 bits per heavy atom. The molecule has 1 atom stereocenters. The minimum atomic E-state index is -0.286. The predicted octanol–water partition coefficient (Wildman–Crippen LogP) is 4.32. The summed E-state index contributed by atoms with van der Waals surface area (Å²) in [6.07, 6.45) is 2.59. The summed E-state index contributed by atoms with van der Waals surface area (Å²) >= 11 is 0. The standard InChI is InChI=1S/C22H25FN4O/c1-16(21-25-26-22(28-21)17-8-10-20(23)11-9-17)24-14-18-6-2-3-7-19(18)15-27-12-4-5-13-27/h2-3,6-11,16,24H,4-5,12-15H2,1H3. The third-order valence-electron chi connectivity index (χ3n) is 5.21. The number of hydrogen-bond acceptors (Lipinski definition) is 5. The first kappa shape index (κ1) is 18.8. The van der Waals surface area contributed by atoms with Crippen molar-refractivity contribution in [3.05, 3.63) is 71.4 Å². The van der Waals surface area contributed by atoms with Crippen LogP contribution in [0.4, 0.5) is 4.39 Å². The Morgan fingerprint density at radius 2 is 1.75 bits per heavy atom. The maximum absolute atomic E-state index is 13.1. The van der Waals surface area contributed by atoms with Crippen LogP contribution in [0.5, 0.6) is 0 Å². The van der Waals surface area contributed by atoms with Crippen LogP contribution in [0.1, 0.15) is 42.8 Å². The van der Waals surface area contributed by atoms with Crippen molar-refractivity contribution in [2.45, 2.75) is 38.9 Å². The number of nitrogens with one attached hydrogen (secondary N) is 1.